The number of halogens is 2. The zero-order valence-corrected chi connectivity index (χ0v) is 21.9. The first-order valence-electron chi connectivity index (χ1n) is 10.2. The Balaban J connectivity index is 0.000000595. The number of nitrogens with zero attached hydrogens (tertiary/aromatic N) is 2. The first-order valence-corrected chi connectivity index (χ1v) is 10.2. The number of ketones is 1. The Bertz CT molecular complexity index is 1130. The molecule has 0 atom stereocenters. The van der Waals surface area contributed by atoms with Crippen LogP contribution in [0, 0.1) is 38.5 Å². The molecule has 177 valence electrons. The third kappa shape index (κ3) is 7.37. The van der Waals surface area contributed by atoms with E-state index >= 15 is 4.39 Å². The molecule has 0 aliphatic carbocycles. The molecule has 0 spiro atoms. The van der Waals surface area contributed by atoms with Gasteiger partial charge >= 0.3 is 0 Å². The summed E-state index contributed by atoms with van der Waals surface area (Å²) in [6, 6.07) is 7.64. The van der Waals surface area contributed by atoms with Gasteiger partial charge in [-0.05, 0) is 68.9 Å². The molecule has 0 saturated carbocycles. The van der Waals surface area contributed by atoms with Gasteiger partial charge in [0, 0.05) is 44.4 Å². The van der Waals surface area contributed by atoms with Crippen LogP contribution in [0.4, 0.5) is 8.78 Å². The van der Waals surface area contributed by atoms with Crippen molar-refractivity contribution in [2.24, 2.45) is 0 Å². The molecular formula is C26H27F2IrN2O2-. The van der Waals surface area contributed by atoms with E-state index in [1.807, 2.05) is 39.8 Å². The number of benzene rings is 2. The maximum absolute atomic E-state index is 15.2. The van der Waals surface area contributed by atoms with E-state index in [4.69, 9.17) is 5.11 Å². The first kappa shape index (κ1) is 28.3. The summed E-state index contributed by atoms with van der Waals surface area (Å²) >= 11 is 0. The normalized spacial score (nSPS) is 10.7. The van der Waals surface area contributed by atoms with Gasteiger partial charge < -0.3 is 5.11 Å². The zero-order chi connectivity index (χ0) is 24.0. The number of hydrogen-bond donors (Lipinski definition) is 1. The Morgan fingerprint density at radius 1 is 1.06 bits per heavy atom. The summed E-state index contributed by atoms with van der Waals surface area (Å²) in [5, 5.41) is 8.36. The fourth-order valence-corrected chi connectivity index (χ4v) is 3.43. The minimum absolute atomic E-state index is 0. The van der Waals surface area contributed by atoms with E-state index in [9.17, 15) is 9.18 Å². The van der Waals surface area contributed by atoms with Crippen LogP contribution in [0.1, 0.15) is 43.0 Å². The van der Waals surface area contributed by atoms with Crippen molar-refractivity contribution in [3.8, 4) is 22.5 Å². The molecule has 0 amide bonds. The summed E-state index contributed by atoms with van der Waals surface area (Å²) in [6.07, 6.45) is 5.27. The average Bonchev–Trinajstić information content (AvgIpc) is 2.69. The zero-order valence-electron chi connectivity index (χ0n) is 19.5. The summed E-state index contributed by atoms with van der Waals surface area (Å²) < 4.78 is 29.7. The van der Waals surface area contributed by atoms with Gasteiger partial charge in [-0.25, -0.2) is 0 Å². The SMILES string of the molecule is CC(=O)C=C(C)O.CCc1cnc(-c2[c-]cc(F)c(-c3c(C)cc(C)cc3C)c2F)nc1.[Ir]. The van der Waals surface area contributed by atoms with Crippen molar-refractivity contribution in [1.29, 1.82) is 0 Å². The molecule has 2 aromatic carbocycles. The van der Waals surface area contributed by atoms with Crippen LogP contribution in [-0.2, 0) is 31.3 Å². The molecule has 3 rings (SSSR count). The summed E-state index contributed by atoms with van der Waals surface area (Å²) in [7, 11) is 0. The number of allylic oxidation sites excluding steroid dienone is 2. The molecule has 0 saturated heterocycles. The number of hydrogen-bond acceptors (Lipinski definition) is 4. The Morgan fingerprint density at radius 3 is 2.03 bits per heavy atom. The van der Waals surface area contributed by atoms with Crippen LogP contribution >= 0.6 is 0 Å². The van der Waals surface area contributed by atoms with Gasteiger partial charge in [-0.2, -0.15) is 0 Å². The molecule has 0 aliphatic rings. The van der Waals surface area contributed by atoms with Gasteiger partial charge in [-0.15, -0.1) is 12.1 Å². The predicted octanol–water partition coefficient (Wildman–Crippen LogP) is 6.41. The Kier molecular flexibility index (Phi) is 10.7. The van der Waals surface area contributed by atoms with Gasteiger partial charge in [0.15, 0.2) is 5.78 Å². The molecule has 1 aromatic heterocycles. The number of aliphatic hydroxyl groups excluding tert-OH is 1. The second-order valence-corrected chi connectivity index (χ2v) is 7.64. The maximum Gasteiger partial charge on any atom is 0.155 e. The second kappa shape index (κ2) is 12.5. The van der Waals surface area contributed by atoms with Crippen LogP contribution in [0.5, 0.6) is 0 Å². The maximum atomic E-state index is 15.2. The summed E-state index contributed by atoms with van der Waals surface area (Å²) in [5.41, 5.74) is 4.27. The fraction of sp³-hybridized carbons (Fsp3) is 0.269. The quantitative estimate of drug-likeness (QED) is 0.206. The van der Waals surface area contributed by atoms with Gasteiger partial charge in [0.1, 0.15) is 0 Å². The number of aliphatic hydroxyl groups is 1. The molecule has 1 radical (unpaired) electrons. The monoisotopic (exact) mass is 630 g/mol. The standard InChI is InChI=1S/C21H19F2N2.C5H8O2.Ir/c1-5-15-10-24-21(25-11-15)16-6-7-17(22)19(20(16)23)18-13(3)8-12(2)9-14(18)4;1-4(6)3-5(2)7;/h7-11H,5H2,1-4H3;3,6H,1-2H3;/q-1;;. The van der Waals surface area contributed by atoms with E-state index in [0.717, 1.165) is 34.7 Å². The first-order chi connectivity index (χ1) is 15.0. The minimum atomic E-state index is -0.681. The molecule has 4 nitrogen and oxygen atoms in total. The summed E-state index contributed by atoms with van der Waals surface area (Å²) in [6.45, 7) is 10.5. The van der Waals surface area contributed by atoms with Crippen molar-refractivity contribution in [2.45, 2.75) is 48.0 Å². The molecule has 0 aliphatic heterocycles. The number of carbonyl (C=O) groups is 1. The smallest absolute Gasteiger partial charge is 0.155 e. The Labute approximate surface area is 207 Å². The van der Waals surface area contributed by atoms with Crippen LogP contribution < -0.4 is 0 Å². The van der Waals surface area contributed by atoms with Crippen LogP contribution in [0.2, 0.25) is 0 Å². The largest absolute Gasteiger partial charge is 0.512 e. The molecule has 0 fully saturated rings. The van der Waals surface area contributed by atoms with Crippen LogP contribution in [0.25, 0.3) is 22.5 Å². The molecular weight excluding hydrogens is 603 g/mol. The van der Waals surface area contributed by atoms with Crippen molar-refractivity contribution < 1.29 is 38.8 Å². The van der Waals surface area contributed by atoms with Crippen molar-refractivity contribution in [1.82, 2.24) is 9.97 Å². The number of aryl methyl sites for hydroxylation is 4. The molecule has 0 unspecified atom stereocenters. The topological polar surface area (TPSA) is 63.1 Å². The van der Waals surface area contributed by atoms with Crippen LogP contribution in [-0.4, -0.2) is 20.9 Å². The van der Waals surface area contributed by atoms with Gasteiger partial charge in [0.05, 0.1) is 17.4 Å². The number of rotatable bonds is 4. The molecule has 3 aromatic rings. The van der Waals surface area contributed by atoms with E-state index in [1.54, 1.807) is 12.4 Å². The third-order valence-electron chi connectivity index (χ3n) is 4.70. The van der Waals surface area contributed by atoms with E-state index < -0.39 is 11.6 Å². The second-order valence-electron chi connectivity index (χ2n) is 7.64. The van der Waals surface area contributed by atoms with Gasteiger partial charge in [-0.1, -0.05) is 30.2 Å². The third-order valence-corrected chi connectivity index (χ3v) is 4.70. The molecule has 0 bridgehead atoms. The molecule has 1 N–H and O–H groups in total. The minimum Gasteiger partial charge on any atom is -0.512 e. The van der Waals surface area contributed by atoms with Crippen molar-refractivity contribution in [3.05, 3.63) is 82.4 Å². The van der Waals surface area contributed by atoms with Crippen LogP contribution in [0.3, 0.4) is 0 Å². The Hall–Kier alpha value is -2.76. The average molecular weight is 630 g/mol. The predicted molar refractivity (Wildman–Crippen MR) is 122 cm³/mol. The van der Waals surface area contributed by atoms with Gasteiger partial charge in [0.25, 0.3) is 0 Å². The molecule has 1 heterocycles. The van der Waals surface area contributed by atoms with E-state index in [-0.39, 0.29) is 48.6 Å². The number of aromatic nitrogens is 2. The summed E-state index contributed by atoms with van der Waals surface area (Å²) in [5.74, 6) is -1.17. The van der Waals surface area contributed by atoms with Crippen molar-refractivity contribution >= 4 is 5.78 Å². The Morgan fingerprint density at radius 2 is 1.61 bits per heavy atom. The number of carbonyl (C=O) groups excluding carboxylic acids is 1. The van der Waals surface area contributed by atoms with Crippen LogP contribution in [0.15, 0.2) is 42.4 Å². The van der Waals surface area contributed by atoms with Gasteiger partial charge in [0.2, 0.25) is 0 Å². The van der Waals surface area contributed by atoms with E-state index in [1.165, 1.54) is 19.9 Å². The van der Waals surface area contributed by atoms with Crippen molar-refractivity contribution in [3.63, 3.8) is 0 Å². The summed E-state index contributed by atoms with van der Waals surface area (Å²) in [4.78, 5) is 18.4. The fourth-order valence-electron chi connectivity index (χ4n) is 3.43. The molecule has 7 heteroatoms. The van der Waals surface area contributed by atoms with Gasteiger partial charge in [-0.3, -0.25) is 23.5 Å². The van der Waals surface area contributed by atoms with E-state index in [2.05, 4.69) is 16.0 Å². The molecule has 33 heavy (non-hydrogen) atoms. The van der Waals surface area contributed by atoms with Crippen molar-refractivity contribution in [2.75, 3.05) is 0 Å². The van der Waals surface area contributed by atoms with E-state index in [0.29, 0.717) is 5.56 Å².